The van der Waals surface area contributed by atoms with Gasteiger partial charge in [-0.2, -0.15) is 7.05 Å². The minimum absolute atomic E-state index is 0. The number of rotatable bonds is 0. The molecule has 0 aliphatic rings. The summed E-state index contributed by atoms with van der Waals surface area (Å²) < 4.78 is 1.50. The molecule has 0 spiro atoms. The van der Waals surface area contributed by atoms with Crippen LogP contribution in [0.3, 0.4) is 0 Å². The van der Waals surface area contributed by atoms with Crippen molar-refractivity contribution in [3.05, 3.63) is 25.5 Å². The van der Waals surface area contributed by atoms with E-state index in [4.69, 9.17) is 0 Å². The van der Waals surface area contributed by atoms with Crippen LogP contribution in [0.5, 0.6) is 0 Å². The van der Waals surface area contributed by atoms with Crippen molar-refractivity contribution in [2.75, 3.05) is 0 Å². The fraction of sp³-hybridized carbons (Fsp3) is 0. The Morgan fingerprint density at radius 3 is 2.43 bits per heavy atom. The summed E-state index contributed by atoms with van der Waals surface area (Å²) in [6, 6.07) is 1.83. The maximum absolute atomic E-state index is 3.72. The molecule has 0 N–H and O–H groups in total. The molecule has 0 aliphatic carbocycles. The fourth-order valence-corrected chi connectivity index (χ4v) is 0.300. The summed E-state index contributed by atoms with van der Waals surface area (Å²) in [7, 11) is 3.49. The molecule has 32 valence electrons. The normalized spacial score (nSPS) is 7.43. The molecule has 0 bridgehead atoms. The van der Waals surface area contributed by atoms with E-state index in [9.17, 15) is 0 Å². The van der Waals surface area contributed by atoms with E-state index >= 15 is 0 Å². The Balaban J connectivity index is 0.000000360. The first-order valence-electron chi connectivity index (χ1n) is 1.70. The van der Waals surface area contributed by atoms with Gasteiger partial charge in [0.15, 0.2) is 0 Å². The monoisotopic (exact) mass is 120 g/mol. The number of aromatic nitrogens is 2. The van der Waals surface area contributed by atoms with Gasteiger partial charge in [0, 0.05) is 6.20 Å². The minimum atomic E-state index is 0. The Bertz CT molecular complexity index is 113. The van der Waals surface area contributed by atoms with Gasteiger partial charge in [0.1, 0.15) is 0 Å². The predicted molar refractivity (Wildman–Crippen MR) is 23.0 cm³/mol. The van der Waals surface area contributed by atoms with E-state index in [1.54, 1.807) is 12.4 Å². The maximum atomic E-state index is 3.72. The first-order chi connectivity index (χ1) is 2.89. The van der Waals surface area contributed by atoms with Gasteiger partial charge in [-0.25, -0.2) is 5.10 Å². The zero-order valence-electron chi connectivity index (χ0n) is 4.33. The fourth-order valence-electron chi connectivity index (χ4n) is 0.300. The molecule has 0 unspecified atom stereocenters. The van der Waals surface area contributed by atoms with Crippen molar-refractivity contribution in [1.82, 2.24) is 9.78 Å². The Hall–Kier alpha value is 0.716. The second kappa shape index (κ2) is 3.69. The average molecular weight is 120 g/mol. The molecule has 0 aromatic carbocycles. The summed E-state index contributed by atoms with van der Waals surface area (Å²) in [4.78, 5) is 0. The van der Waals surface area contributed by atoms with Crippen LogP contribution in [-0.2, 0) is 0 Å². The molecule has 3 heteroatoms. The second-order valence-corrected chi connectivity index (χ2v) is 1.05. The number of hydrogen-bond acceptors (Lipinski definition) is 1. The van der Waals surface area contributed by atoms with Gasteiger partial charge in [-0.15, -0.1) is 12.3 Å². The zero-order chi connectivity index (χ0) is 4.41. The van der Waals surface area contributed by atoms with Crippen LogP contribution in [-0.4, -0.2) is 9.78 Å². The third-order valence-electron chi connectivity index (χ3n) is 0.559. The largest absolute Gasteiger partial charge is 1.00 e. The molecule has 1 rings (SSSR count). The molecule has 1 aromatic heterocycles. The van der Waals surface area contributed by atoms with E-state index in [-0.39, 0.29) is 51.4 Å². The summed E-state index contributed by atoms with van der Waals surface area (Å²) in [5.41, 5.74) is 0. The van der Waals surface area contributed by atoms with Crippen molar-refractivity contribution < 1.29 is 51.4 Å². The van der Waals surface area contributed by atoms with E-state index < -0.39 is 0 Å². The average Bonchev–Trinajstić information content (AvgIpc) is 1.86. The van der Waals surface area contributed by atoms with Gasteiger partial charge in [0.05, 0.1) is 0 Å². The smallest absolute Gasteiger partial charge is 0.409 e. The Morgan fingerprint density at radius 2 is 2.29 bits per heavy atom. The van der Waals surface area contributed by atoms with Gasteiger partial charge in [-0.3, -0.25) is 0 Å². The van der Waals surface area contributed by atoms with E-state index in [1.807, 2.05) is 6.07 Å². The van der Waals surface area contributed by atoms with Crippen molar-refractivity contribution in [3.63, 3.8) is 0 Å². The van der Waals surface area contributed by atoms with Crippen LogP contribution in [0.2, 0.25) is 0 Å². The van der Waals surface area contributed by atoms with Gasteiger partial charge in [-0.1, -0.05) is 0 Å². The van der Waals surface area contributed by atoms with Crippen LogP contribution in [0.4, 0.5) is 0 Å². The summed E-state index contributed by atoms with van der Waals surface area (Å²) in [5.74, 6) is 0. The number of nitrogens with zero attached hydrogens (tertiary/aromatic N) is 2. The van der Waals surface area contributed by atoms with E-state index in [0.717, 1.165) is 0 Å². The molecule has 0 atom stereocenters. The Kier molecular flexibility index (Phi) is 4.06. The molecule has 2 nitrogen and oxygen atoms in total. The van der Waals surface area contributed by atoms with Gasteiger partial charge in [0.25, 0.3) is 0 Å². The summed E-state index contributed by atoms with van der Waals surface area (Å²) in [5, 5.41) is 3.72. The molecule has 0 amide bonds. The van der Waals surface area contributed by atoms with E-state index in [1.165, 1.54) is 4.68 Å². The SMILES string of the molecule is [CH2-]n1cccn1.[K+]. The molecule has 1 aromatic rings. The minimum Gasteiger partial charge on any atom is -0.409 e. The van der Waals surface area contributed by atoms with Crippen molar-refractivity contribution in [3.8, 4) is 0 Å². The molecule has 0 saturated heterocycles. The standard InChI is InChI=1S/C4H5N2.K/c1-6-4-2-3-5-6;/h2-4H,1H2;/q-1;+1. The molecule has 7 heavy (non-hydrogen) atoms. The Morgan fingerprint density at radius 1 is 1.57 bits per heavy atom. The topological polar surface area (TPSA) is 17.8 Å². The summed E-state index contributed by atoms with van der Waals surface area (Å²) in [6.07, 6.45) is 3.47. The molecule has 0 aliphatic heterocycles. The molecular weight excluding hydrogens is 115 g/mol. The summed E-state index contributed by atoms with van der Waals surface area (Å²) >= 11 is 0. The molecule has 1 heterocycles. The molecule has 0 saturated carbocycles. The van der Waals surface area contributed by atoms with Crippen molar-refractivity contribution in [2.45, 2.75) is 0 Å². The Labute approximate surface area is 85.3 Å². The van der Waals surface area contributed by atoms with Gasteiger partial charge in [-0.05, 0) is 0 Å². The molecule has 0 radical (unpaired) electrons. The first-order valence-corrected chi connectivity index (χ1v) is 1.70. The van der Waals surface area contributed by atoms with Crippen LogP contribution in [0.15, 0.2) is 18.5 Å². The third-order valence-corrected chi connectivity index (χ3v) is 0.559. The van der Waals surface area contributed by atoms with Gasteiger partial charge in [0.2, 0.25) is 0 Å². The maximum Gasteiger partial charge on any atom is 1.00 e. The van der Waals surface area contributed by atoms with Crippen molar-refractivity contribution in [2.24, 2.45) is 0 Å². The zero-order valence-corrected chi connectivity index (χ0v) is 7.46. The number of hydrogen-bond donors (Lipinski definition) is 0. The van der Waals surface area contributed by atoms with Gasteiger partial charge >= 0.3 is 51.4 Å². The predicted octanol–water partition coefficient (Wildman–Crippen LogP) is -2.47. The first kappa shape index (κ1) is 7.72. The molecular formula is C4H5KN2. The van der Waals surface area contributed by atoms with Crippen molar-refractivity contribution >= 4 is 0 Å². The van der Waals surface area contributed by atoms with Crippen LogP contribution in [0, 0.1) is 7.05 Å². The van der Waals surface area contributed by atoms with E-state index in [2.05, 4.69) is 12.1 Å². The molecule has 0 fully saturated rings. The second-order valence-electron chi connectivity index (χ2n) is 1.05. The van der Waals surface area contributed by atoms with Crippen LogP contribution >= 0.6 is 0 Å². The van der Waals surface area contributed by atoms with Gasteiger partial charge < -0.3 is 4.68 Å². The third kappa shape index (κ3) is 2.51. The summed E-state index contributed by atoms with van der Waals surface area (Å²) in [6.45, 7) is 0. The van der Waals surface area contributed by atoms with Crippen LogP contribution in [0.1, 0.15) is 0 Å². The van der Waals surface area contributed by atoms with Crippen LogP contribution in [0.25, 0.3) is 0 Å². The van der Waals surface area contributed by atoms with Crippen molar-refractivity contribution in [1.29, 1.82) is 0 Å². The van der Waals surface area contributed by atoms with E-state index in [0.29, 0.717) is 0 Å². The quantitative estimate of drug-likeness (QED) is 0.274. The van der Waals surface area contributed by atoms with Crippen LogP contribution < -0.4 is 51.4 Å².